The predicted octanol–water partition coefficient (Wildman–Crippen LogP) is 1.75. The van der Waals surface area contributed by atoms with Crippen LogP contribution in [-0.2, 0) is 19.7 Å². The molecule has 0 aromatic carbocycles. The predicted molar refractivity (Wildman–Crippen MR) is 94.7 cm³/mol. The van der Waals surface area contributed by atoms with Gasteiger partial charge in [-0.15, -0.1) is 0 Å². The molecule has 1 heterocycles. The molecule has 26 heavy (non-hydrogen) atoms. The van der Waals surface area contributed by atoms with Gasteiger partial charge >= 0.3 is 22.4 Å². The zero-order valence-electron chi connectivity index (χ0n) is 16.2. The van der Waals surface area contributed by atoms with E-state index in [1.807, 2.05) is 25.5 Å². The van der Waals surface area contributed by atoms with Crippen molar-refractivity contribution in [2.24, 2.45) is 5.41 Å². The lowest BCUT2D eigenvalue weighted by molar-refractivity contribution is -0.0794. The summed E-state index contributed by atoms with van der Waals surface area (Å²) in [6.45, 7) is 11.5. The number of nitrogens with one attached hydrogen (secondary N) is 2. The SMILES string of the molecule is CC(C)(C)OC(=O)NS(=O)(=O)NC1CC2(C1)CN(C(=O)OC(C)(C)C)C2. The van der Waals surface area contributed by atoms with Gasteiger partial charge in [0, 0.05) is 24.5 Å². The van der Waals surface area contributed by atoms with Crippen molar-refractivity contribution in [3.8, 4) is 0 Å². The Labute approximate surface area is 155 Å². The molecule has 1 aliphatic heterocycles. The number of hydrogen-bond donors (Lipinski definition) is 2. The number of hydrogen-bond acceptors (Lipinski definition) is 6. The Bertz CT molecular complexity index is 663. The fraction of sp³-hybridized carbons (Fsp3) is 0.875. The monoisotopic (exact) mass is 391 g/mol. The fourth-order valence-electron chi connectivity index (χ4n) is 3.20. The lowest BCUT2D eigenvalue weighted by atomic mass is 9.61. The van der Waals surface area contributed by atoms with Crippen LogP contribution in [0, 0.1) is 5.41 Å². The van der Waals surface area contributed by atoms with Crippen molar-refractivity contribution in [1.29, 1.82) is 0 Å². The molecule has 0 aromatic rings. The second kappa shape index (κ2) is 6.56. The Kier molecular flexibility index (Phi) is 5.24. The molecular formula is C16H29N3O6S. The number of ether oxygens (including phenoxy) is 2. The Morgan fingerprint density at radius 3 is 1.96 bits per heavy atom. The van der Waals surface area contributed by atoms with Gasteiger partial charge in [-0.05, 0) is 54.4 Å². The van der Waals surface area contributed by atoms with Crippen molar-refractivity contribution in [3.05, 3.63) is 0 Å². The lowest BCUT2D eigenvalue weighted by Gasteiger charge is -2.58. The van der Waals surface area contributed by atoms with E-state index in [0.717, 1.165) is 0 Å². The maximum absolute atomic E-state index is 12.0. The first-order chi connectivity index (χ1) is 11.6. The fourth-order valence-corrected chi connectivity index (χ4v) is 4.13. The summed E-state index contributed by atoms with van der Waals surface area (Å²) in [7, 11) is -3.98. The molecule has 0 radical (unpaired) electrons. The summed E-state index contributed by atoms with van der Waals surface area (Å²) >= 11 is 0. The molecule has 150 valence electrons. The van der Waals surface area contributed by atoms with Crippen LogP contribution in [-0.4, -0.2) is 55.8 Å². The average Bonchev–Trinajstić information content (AvgIpc) is 2.23. The largest absolute Gasteiger partial charge is 0.444 e. The van der Waals surface area contributed by atoms with E-state index in [-0.39, 0.29) is 17.6 Å². The van der Waals surface area contributed by atoms with Crippen LogP contribution in [0.5, 0.6) is 0 Å². The summed E-state index contributed by atoms with van der Waals surface area (Å²) in [5, 5.41) is 0. The van der Waals surface area contributed by atoms with Crippen LogP contribution in [0.25, 0.3) is 0 Å². The second-order valence-corrected chi connectivity index (χ2v) is 10.6. The third kappa shape index (κ3) is 5.73. The highest BCUT2D eigenvalue weighted by Gasteiger charge is 2.55. The van der Waals surface area contributed by atoms with Gasteiger partial charge < -0.3 is 14.4 Å². The normalized spacial score (nSPS) is 20.2. The van der Waals surface area contributed by atoms with Gasteiger partial charge in [0.2, 0.25) is 0 Å². The molecule has 10 heteroatoms. The quantitative estimate of drug-likeness (QED) is 0.757. The number of amides is 2. The van der Waals surface area contributed by atoms with Crippen molar-refractivity contribution in [1.82, 2.24) is 14.3 Å². The number of nitrogens with zero attached hydrogens (tertiary/aromatic N) is 1. The number of carbonyl (C=O) groups excluding carboxylic acids is 2. The van der Waals surface area contributed by atoms with E-state index >= 15 is 0 Å². The summed E-state index contributed by atoms with van der Waals surface area (Å²) < 4.78 is 38.5. The van der Waals surface area contributed by atoms with Gasteiger partial charge in [0.1, 0.15) is 11.2 Å². The van der Waals surface area contributed by atoms with E-state index in [9.17, 15) is 18.0 Å². The van der Waals surface area contributed by atoms with Crippen LogP contribution in [0.1, 0.15) is 54.4 Å². The first-order valence-electron chi connectivity index (χ1n) is 8.59. The number of carbonyl (C=O) groups is 2. The summed E-state index contributed by atoms with van der Waals surface area (Å²) in [6.07, 6.45) is -0.138. The van der Waals surface area contributed by atoms with Crippen LogP contribution in [0.3, 0.4) is 0 Å². The second-order valence-electron chi connectivity index (χ2n) is 9.17. The standard InChI is InChI=1S/C16H29N3O6S/c1-14(2,3)24-12(20)18-26(22,23)17-11-7-16(8-11)9-19(10-16)13(21)25-15(4,5)6/h11,17H,7-10H2,1-6H3,(H,18,20). The van der Waals surface area contributed by atoms with E-state index < -0.39 is 27.5 Å². The Morgan fingerprint density at radius 2 is 1.50 bits per heavy atom. The van der Waals surface area contributed by atoms with Gasteiger partial charge in [0.25, 0.3) is 0 Å². The van der Waals surface area contributed by atoms with Crippen LogP contribution in [0.2, 0.25) is 0 Å². The number of rotatable bonds is 3. The van der Waals surface area contributed by atoms with E-state index in [2.05, 4.69) is 4.72 Å². The van der Waals surface area contributed by atoms with Crippen molar-refractivity contribution in [3.63, 3.8) is 0 Å². The molecule has 0 bridgehead atoms. The Balaban J connectivity index is 1.74. The van der Waals surface area contributed by atoms with Crippen molar-refractivity contribution in [2.75, 3.05) is 13.1 Å². The molecule has 2 aliphatic rings. The van der Waals surface area contributed by atoms with Gasteiger partial charge in [-0.1, -0.05) is 0 Å². The minimum Gasteiger partial charge on any atom is -0.444 e. The molecule has 1 aliphatic carbocycles. The van der Waals surface area contributed by atoms with Crippen LogP contribution >= 0.6 is 0 Å². The van der Waals surface area contributed by atoms with Crippen LogP contribution < -0.4 is 9.44 Å². The van der Waals surface area contributed by atoms with Gasteiger partial charge in [0.05, 0.1) is 0 Å². The topological polar surface area (TPSA) is 114 Å². The molecule has 2 N–H and O–H groups in total. The van der Waals surface area contributed by atoms with Gasteiger partial charge in [0.15, 0.2) is 0 Å². The summed E-state index contributed by atoms with van der Waals surface area (Å²) in [5.41, 5.74) is -1.38. The molecule has 1 spiro atoms. The van der Waals surface area contributed by atoms with Crippen molar-refractivity contribution in [2.45, 2.75) is 71.6 Å². The molecule has 2 amide bonds. The van der Waals surface area contributed by atoms with E-state index in [4.69, 9.17) is 9.47 Å². The van der Waals surface area contributed by atoms with Gasteiger partial charge in [-0.3, -0.25) is 0 Å². The highest BCUT2D eigenvalue weighted by atomic mass is 32.2. The van der Waals surface area contributed by atoms with Gasteiger partial charge in [-0.2, -0.15) is 13.1 Å². The zero-order chi connectivity index (χ0) is 20.0. The van der Waals surface area contributed by atoms with Crippen LogP contribution in [0.4, 0.5) is 9.59 Å². The zero-order valence-corrected chi connectivity index (χ0v) is 17.0. The Morgan fingerprint density at radius 1 is 1.00 bits per heavy atom. The van der Waals surface area contributed by atoms with E-state index in [0.29, 0.717) is 25.9 Å². The summed E-state index contributed by atoms with van der Waals surface area (Å²) in [4.78, 5) is 25.1. The maximum Gasteiger partial charge on any atom is 0.422 e. The third-order valence-corrected chi connectivity index (χ3v) is 5.08. The van der Waals surface area contributed by atoms with Crippen molar-refractivity contribution >= 4 is 22.4 Å². The van der Waals surface area contributed by atoms with E-state index in [1.165, 1.54) is 0 Å². The minimum atomic E-state index is -3.98. The first kappa shape index (κ1) is 20.8. The van der Waals surface area contributed by atoms with Crippen molar-refractivity contribution < 1.29 is 27.5 Å². The molecule has 9 nitrogen and oxygen atoms in total. The highest BCUT2D eigenvalue weighted by molar-refractivity contribution is 7.88. The molecule has 0 atom stereocenters. The molecule has 0 aromatic heterocycles. The molecule has 0 unspecified atom stereocenters. The molecule has 1 saturated heterocycles. The molecule has 1 saturated carbocycles. The van der Waals surface area contributed by atoms with E-state index in [1.54, 1.807) is 25.7 Å². The highest BCUT2D eigenvalue weighted by Crippen LogP contribution is 2.48. The number of likely N-dealkylation sites (tertiary alicyclic amines) is 1. The minimum absolute atomic E-state index is 0.0595. The summed E-state index contributed by atoms with van der Waals surface area (Å²) in [6, 6.07) is -0.268. The maximum atomic E-state index is 12.0. The smallest absolute Gasteiger partial charge is 0.422 e. The summed E-state index contributed by atoms with van der Waals surface area (Å²) in [5.74, 6) is 0. The Hall–Kier alpha value is -1.55. The molecule has 2 fully saturated rings. The lowest BCUT2D eigenvalue weighted by Crippen LogP contribution is -2.68. The van der Waals surface area contributed by atoms with Gasteiger partial charge in [-0.25, -0.2) is 14.3 Å². The average molecular weight is 391 g/mol. The molecule has 2 rings (SSSR count). The third-order valence-electron chi connectivity index (χ3n) is 4.00. The first-order valence-corrected chi connectivity index (χ1v) is 10.1. The van der Waals surface area contributed by atoms with Crippen LogP contribution in [0.15, 0.2) is 0 Å². The molecular weight excluding hydrogens is 362 g/mol.